The lowest BCUT2D eigenvalue weighted by atomic mass is 10.1. The van der Waals surface area contributed by atoms with Crippen LogP contribution in [0.4, 0.5) is 0 Å². The summed E-state index contributed by atoms with van der Waals surface area (Å²) in [6.45, 7) is 7.77. The zero-order chi connectivity index (χ0) is 13.5. The lowest BCUT2D eigenvalue weighted by molar-refractivity contribution is 0.0289. The highest BCUT2D eigenvalue weighted by Gasteiger charge is 2.26. The lowest BCUT2D eigenvalue weighted by Crippen LogP contribution is -2.39. The Morgan fingerprint density at radius 1 is 1.50 bits per heavy atom. The van der Waals surface area contributed by atoms with E-state index in [1.807, 2.05) is 17.8 Å². The average Bonchev–Trinajstić information content (AvgIpc) is 2.72. The Morgan fingerprint density at radius 3 is 2.72 bits per heavy atom. The number of nitrogens with one attached hydrogen (secondary N) is 1. The number of hydrogen-bond donors (Lipinski definition) is 2. The molecule has 2 unspecified atom stereocenters. The van der Waals surface area contributed by atoms with E-state index in [-0.39, 0.29) is 12.1 Å². The van der Waals surface area contributed by atoms with E-state index in [2.05, 4.69) is 40.3 Å². The minimum absolute atomic E-state index is 0.0450. The number of aryl methyl sites for hydroxylation is 1. The van der Waals surface area contributed by atoms with Gasteiger partial charge in [-0.3, -0.25) is 10.5 Å². The number of aromatic nitrogens is 2. The highest BCUT2D eigenvalue weighted by molar-refractivity contribution is 9.10. The minimum atomic E-state index is -0.0571. The Labute approximate surface area is 117 Å². The van der Waals surface area contributed by atoms with Gasteiger partial charge in [0, 0.05) is 13.2 Å². The van der Waals surface area contributed by atoms with Crippen molar-refractivity contribution in [3.8, 4) is 0 Å². The molecule has 0 aliphatic heterocycles. The first-order chi connectivity index (χ1) is 8.69. The summed E-state index contributed by atoms with van der Waals surface area (Å²) in [5, 5.41) is 4.37. The molecule has 0 aliphatic carbocycles. The summed E-state index contributed by atoms with van der Waals surface area (Å²) in [6, 6.07) is -0.0571. The first-order valence-corrected chi connectivity index (χ1v) is 7.27. The zero-order valence-electron chi connectivity index (χ0n) is 11.3. The van der Waals surface area contributed by atoms with E-state index in [1.54, 1.807) is 0 Å². The van der Waals surface area contributed by atoms with Gasteiger partial charge in [0.2, 0.25) is 0 Å². The molecule has 1 aromatic heterocycles. The molecular weight excluding hydrogens is 296 g/mol. The van der Waals surface area contributed by atoms with E-state index < -0.39 is 0 Å². The maximum absolute atomic E-state index is 5.75. The molecule has 0 fully saturated rings. The molecule has 18 heavy (non-hydrogen) atoms. The predicted molar refractivity (Wildman–Crippen MR) is 76.0 cm³/mol. The maximum atomic E-state index is 5.75. The molecule has 0 aliphatic rings. The molecular formula is C12H23BrN4O. The Kier molecular flexibility index (Phi) is 6.85. The van der Waals surface area contributed by atoms with Crippen LogP contribution in [0.1, 0.15) is 45.3 Å². The van der Waals surface area contributed by atoms with Crippen LogP contribution >= 0.6 is 15.9 Å². The second-order valence-electron chi connectivity index (χ2n) is 4.15. The fraction of sp³-hybridized carbons (Fsp3) is 0.750. The van der Waals surface area contributed by atoms with Crippen molar-refractivity contribution in [3.05, 3.63) is 16.4 Å². The molecule has 3 N–H and O–H groups in total. The van der Waals surface area contributed by atoms with Crippen LogP contribution in [0.3, 0.4) is 0 Å². The van der Waals surface area contributed by atoms with E-state index in [1.165, 1.54) is 0 Å². The number of rotatable bonds is 8. The molecule has 1 aromatic rings. The van der Waals surface area contributed by atoms with Gasteiger partial charge < -0.3 is 4.74 Å². The third-order valence-corrected chi connectivity index (χ3v) is 3.51. The van der Waals surface area contributed by atoms with Crippen molar-refractivity contribution < 1.29 is 4.74 Å². The summed E-state index contributed by atoms with van der Waals surface area (Å²) < 4.78 is 8.70. The molecule has 0 bridgehead atoms. The number of hydrazine groups is 1. The van der Waals surface area contributed by atoms with Gasteiger partial charge in [-0.1, -0.05) is 13.8 Å². The predicted octanol–water partition coefficient (Wildman–Crippen LogP) is 2.38. The molecule has 0 spiro atoms. The summed E-state index contributed by atoms with van der Waals surface area (Å²) >= 11 is 3.54. The van der Waals surface area contributed by atoms with Gasteiger partial charge >= 0.3 is 0 Å². The fourth-order valence-electron chi connectivity index (χ4n) is 2.10. The van der Waals surface area contributed by atoms with Crippen molar-refractivity contribution >= 4 is 15.9 Å². The van der Waals surface area contributed by atoms with E-state index in [4.69, 9.17) is 10.6 Å². The van der Waals surface area contributed by atoms with Crippen LogP contribution < -0.4 is 11.3 Å². The highest BCUT2D eigenvalue weighted by Crippen LogP contribution is 2.28. The monoisotopic (exact) mass is 318 g/mol. The van der Waals surface area contributed by atoms with Crippen molar-refractivity contribution in [2.24, 2.45) is 5.84 Å². The first-order valence-electron chi connectivity index (χ1n) is 6.48. The van der Waals surface area contributed by atoms with Crippen LogP contribution in [0.25, 0.3) is 0 Å². The number of nitrogens with two attached hydrogens (primary N) is 1. The quantitative estimate of drug-likeness (QED) is 0.570. The van der Waals surface area contributed by atoms with Crippen molar-refractivity contribution in [1.82, 2.24) is 15.2 Å². The maximum Gasteiger partial charge on any atom is 0.0901 e. The van der Waals surface area contributed by atoms with Gasteiger partial charge in [-0.25, -0.2) is 5.43 Å². The summed E-state index contributed by atoms with van der Waals surface area (Å²) in [5.41, 5.74) is 3.92. The van der Waals surface area contributed by atoms with E-state index in [0.717, 1.165) is 29.6 Å². The Morgan fingerprint density at radius 2 is 2.22 bits per heavy atom. The van der Waals surface area contributed by atoms with Gasteiger partial charge in [0.25, 0.3) is 0 Å². The molecule has 1 heterocycles. The molecule has 1 rings (SSSR count). The third-order valence-electron chi connectivity index (χ3n) is 2.90. The molecule has 0 saturated heterocycles. The van der Waals surface area contributed by atoms with E-state index >= 15 is 0 Å². The van der Waals surface area contributed by atoms with Crippen LogP contribution in [0.15, 0.2) is 10.7 Å². The molecule has 0 radical (unpaired) electrons. The Hall–Kier alpha value is -0.430. The first kappa shape index (κ1) is 15.6. The van der Waals surface area contributed by atoms with Crippen molar-refractivity contribution in [2.75, 3.05) is 6.61 Å². The fourth-order valence-corrected chi connectivity index (χ4v) is 2.64. The van der Waals surface area contributed by atoms with Crippen LogP contribution in [0.2, 0.25) is 0 Å². The summed E-state index contributed by atoms with van der Waals surface area (Å²) in [5.74, 6) is 5.71. The lowest BCUT2D eigenvalue weighted by Gasteiger charge is -2.26. The second kappa shape index (κ2) is 7.89. The van der Waals surface area contributed by atoms with Gasteiger partial charge in [0.1, 0.15) is 0 Å². The molecule has 0 aromatic carbocycles. The van der Waals surface area contributed by atoms with Crippen LogP contribution in [0, 0.1) is 0 Å². The van der Waals surface area contributed by atoms with Gasteiger partial charge in [-0.15, -0.1) is 0 Å². The third kappa shape index (κ3) is 3.54. The number of ether oxygens (including phenoxy) is 1. The van der Waals surface area contributed by atoms with Crippen LogP contribution in [-0.4, -0.2) is 22.5 Å². The number of halogens is 1. The summed E-state index contributed by atoms with van der Waals surface area (Å²) in [7, 11) is 0. The van der Waals surface area contributed by atoms with Crippen molar-refractivity contribution in [2.45, 2.75) is 52.3 Å². The zero-order valence-corrected chi connectivity index (χ0v) is 12.9. The molecule has 0 saturated carbocycles. The molecule has 6 heteroatoms. The molecule has 5 nitrogen and oxygen atoms in total. The topological polar surface area (TPSA) is 65.1 Å². The smallest absolute Gasteiger partial charge is 0.0901 e. The Bertz CT molecular complexity index is 356. The van der Waals surface area contributed by atoms with Gasteiger partial charge in [-0.05, 0) is 35.7 Å². The largest absolute Gasteiger partial charge is 0.376 e. The van der Waals surface area contributed by atoms with Gasteiger partial charge in [0.05, 0.1) is 28.5 Å². The average molecular weight is 319 g/mol. The molecule has 0 amide bonds. The molecule has 2 atom stereocenters. The van der Waals surface area contributed by atoms with E-state index in [9.17, 15) is 0 Å². The standard InChI is InChI=1S/C12H23BrN4O/c1-4-7-17-12(9(13)8-15-17)11(16-14)10(5-2)18-6-3/h8,10-11,16H,4-7,14H2,1-3H3. The normalized spacial score (nSPS) is 14.7. The van der Waals surface area contributed by atoms with Crippen LogP contribution in [0.5, 0.6) is 0 Å². The summed E-state index contributed by atoms with van der Waals surface area (Å²) in [6.07, 6.45) is 3.79. The van der Waals surface area contributed by atoms with E-state index in [0.29, 0.717) is 6.61 Å². The number of nitrogens with zero attached hydrogens (tertiary/aromatic N) is 2. The molecule has 104 valence electrons. The second-order valence-corrected chi connectivity index (χ2v) is 5.00. The van der Waals surface area contributed by atoms with Crippen molar-refractivity contribution in [1.29, 1.82) is 0 Å². The van der Waals surface area contributed by atoms with Crippen molar-refractivity contribution in [3.63, 3.8) is 0 Å². The SMILES string of the molecule is CCCn1ncc(Br)c1C(NN)C(CC)OCC. The van der Waals surface area contributed by atoms with Crippen LogP contribution in [-0.2, 0) is 11.3 Å². The Balaban J connectivity index is 3.02. The van der Waals surface area contributed by atoms with Gasteiger partial charge in [0.15, 0.2) is 0 Å². The highest BCUT2D eigenvalue weighted by atomic mass is 79.9. The van der Waals surface area contributed by atoms with Gasteiger partial charge in [-0.2, -0.15) is 5.10 Å². The number of hydrogen-bond acceptors (Lipinski definition) is 4. The minimum Gasteiger partial charge on any atom is -0.376 e. The summed E-state index contributed by atoms with van der Waals surface area (Å²) in [4.78, 5) is 0.